The maximum atomic E-state index is 12.6. The normalized spacial score (nSPS) is 24.6. The Balaban J connectivity index is 3.09. The number of carbonyl (C=O) groups excluding carboxylic acids is 2. The number of rotatable bonds is 3. The van der Waals surface area contributed by atoms with Crippen LogP contribution in [-0.2, 0) is 9.59 Å². The van der Waals surface area contributed by atoms with E-state index >= 15 is 0 Å². The van der Waals surface area contributed by atoms with E-state index in [1.807, 2.05) is 0 Å². The molecule has 24 heavy (non-hydrogen) atoms. The SMILES string of the molecule is C[C@@H](/C=C1\C(=O)N(C)[C@@H](C[C@H](C)C(Cl)(Cl)Cl)C(=O)N1C)C(Cl)(Cl)Cl. The summed E-state index contributed by atoms with van der Waals surface area (Å²) in [5, 5.41) is 0. The zero-order chi connectivity index (χ0) is 19.0. The van der Waals surface area contributed by atoms with Gasteiger partial charge in [0.05, 0.1) is 0 Å². The highest BCUT2D eigenvalue weighted by Crippen LogP contribution is 2.39. The van der Waals surface area contributed by atoms with E-state index in [1.54, 1.807) is 13.8 Å². The molecule has 4 nitrogen and oxygen atoms in total. The number of likely N-dealkylation sites (N-methyl/N-ethyl adjacent to an activating group) is 2. The molecule has 1 rings (SSSR count). The summed E-state index contributed by atoms with van der Waals surface area (Å²) in [6.45, 7) is 3.34. The van der Waals surface area contributed by atoms with Gasteiger partial charge in [-0.15, -0.1) is 0 Å². The monoisotopic (exact) mass is 456 g/mol. The van der Waals surface area contributed by atoms with Crippen molar-refractivity contribution < 1.29 is 9.59 Å². The van der Waals surface area contributed by atoms with Crippen molar-refractivity contribution in [3.05, 3.63) is 11.8 Å². The smallest absolute Gasteiger partial charge is 0.270 e. The van der Waals surface area contributed by atoms with E-state index in [4.69, 9.17) is 69.6 Å². The summed E-state index contributed by atoms with van der Waals surface area (Å²) < 4.78 is -3.11. The molecule has 1 aliphatic heterocycles. The van der Waals surface area contributed by atoms with Gasteiger partial charge in [0, 0.05) is 25.9 Å². The Kier molecular flexibility index (Phi) is 7.46. The Bertz CT molecular complexity index is 540. The molecule has 1 fully saturated rings. The molecule has 0 aromatic carbocycles. The molecule has 2 amide bonds. The first-order valence-electron chi connectivity index (χ1n) is 7.07. The summed E-state index contributed by atoms with van der Waals surface area (Å²) in [7, 11) is 3.02. The van der Waals surface area contributed by atoms with E-state index in [9.17, 15) is 9.59 Å². The fourth-order valence-corrected chi connectivity index (χ4v) is 2.67. The maximum Gasteiger partial charge on any atom is 0.270 e. The molecule has 0 aromatic rings. The molecule has 1 aliphatic rings. The summed E-state index contributed by atoms with van der Waals surface area (Å²) in [6, 6.07) is -0.728. The quantitative estimate of drug-likeness (QED) is 0.459. The van der Waals surface area contributed by atoms with Gasteiger partial charge in [-0.25, -0.2) is 0 Å². The number of halogens is 6. The highest BCUT2D eigenvalue weighted by atomic mass is 35.6. The van der Waals surface area contributed by atoms with Crippen molar-refractivity contribution in [2.45, 2.75) is 33.9 Å². The fraction of sp³-hybridized carbons (Fsp3) is 0.714. The highest BCUT2D eigenvalue weighted by Gasteiger charge is 2.43. The largest absolute Gasteiger partial charge is 0.328 e. The zero-order valence-corrected chi connectivity index (χ0v) is 18.0. The van der Waals surface area contributed by atoms with Crippen molar-refractivity contribution in [3.63, 3.8) is 0 Å². The van der Waals surface area contributed by atoms with Crippen molar-refractivity contribution in [1.82, 2.24) is 9.80 Å². The summed E-state index contributed by atoms with van der Waals surface area (Å²) in [5.74, 6) is -1.65. The molecule has 10 heteroatoms. The Morgan fingerprint density at radius 2 is 1.54 bits per heavy atom. The van der Waals surface area contributed by atoms with Gasteiger partial charge in [-0.1, -0.05) is 83.5 Å². The number of allylic oxidation sites excluding steroid dienone is 1. The summed E-state index contributed by atoms with van der Waals surface area (Å²) in [5.41, 5.74) is 0.152. The second kappa shape index (κ2) is 7.98. The lowest BCUT2D eigenvalue weighted by Crippen LogP contribution is -2.56. The summed E-state index contributed by atoms with van der Waals surface area (Å²) >= 11 is 35.1. The molecule has 0 aliphatic carbocycles. The van der Waals surface area contributed by atoms with Crippen LogP contribution >= 0.6 is 69.6 Å². The van der Waals surface area contributed by atoms with E-state index in [1.165, 1.54) is 30.0 Å². The van der Waals surface area contributed by atoms with Crippen LogP contribution in [0, 0.1) is 11.8 Å². The predicted octanol–water partition coefficient (Wildman–Crippen LogP) is 4.57. The van der Waals surface area contributed by atoms with Crippen molar-refractivity contribution >= 4 is 81.4 Å². The van der Waals surface area contributed by atoms with E-state index in [2.05, 4.69) is 0 Å². The zero-order valence-electron chi connectivity index (χ0n) is 13.5. The van der Waals surface area contributed by atoms with Crippen LogP contribution in [0.5, 0.6) is 0 Å². The van der Waals surface area contributed by atoms with Crippen LogP contribution in [0.2, 0.25) is 0 Å². The molecule has 0 unspecified atom stereocenters. The fourth-order valence-electron chi connectivity index (χ4n) is 2.22. The molecule has 3 atom stereocenters. The van der Waals surface area contributed by atoms with Crippen LogP contribution in [0.4, 0.5) is 0 Å². The number of alkyl halides is 6. The van der Waals surface area contributed by atoms with Gasteiger partial charge in [0.15, 0.2) is 7.59 Å². The summed E-state index contributed by atoms with van der Waals surface area (Å²) in [6.07, 6.45) is 1.69. The van der Waals surface area contributed by atoms with Crippen molar-refractivity contribution in [3.8, 4) is 0 Å². The van der Waals surface area contributed by atoms with Crippen LogP contribution in [-0.4, -0.2) is 49.3 Å². The van der Waals surface area contributed by atoms with Gasteiger partial charge in [0.2, 0.25) is 5.91 Å². The van der Waals surface area contributed by atoms with E-state index in [0.717, 1.165) is 0 Å². The molecule has 0 aromatic heterocycles. The van der Waals surface area contributed by atoms with Gasteiger partial charge in [-0.3, -0.25) is 9.59 Å². The average Bonchev–Trinajstić information content (AvgIpc) is 2.43. The van der Waals surface area contributed by atoms with Crippen molar-refractivity contribution in [2.24, 2.45) is 11.8 Å². The van der Waals surface area contributed by atoms with E-state index < -0.39 is 25.5 Å². The second-order valence-corrected chi connectivity index (χ2v) is 10.6. The average molecular weight is 459 g/mol. The first-order chi connectivity index (χ1) is 10.7. The molecule has 0 spiro atoms. The molecule has 1 saturated heterocycles. The topological polar surface area (TPSA) is 40.6 Å². The minimum atomic E-state index is -1.59. The molecular formula is C14H18Cl6N2O2. The van der Waals surface area contributed by atoms with E-state index in [-0.39, 0.29) is 23.9 Å². The third-order valence-electron chi connectivity index (χ3n) is 4.04. The van der Waals surface area contributed by atoms with Gasteiger partial charge >= 0.3 is 0 Å². The number of hydrogen-bond donors (Lipinski definition) is 0. The maximum absolute atomic E-state index is 12.6. The standard InChI is InChI=1S/C14H18Cl6N2O2/c1-7(13(15,16)17)5-9-11(23)22(4)10(12(24)21(9)3)6-8(2)14(18,19)20/h5,7-8,10H,6H2,1-4H3/b9-5+/t7-,8-,10-/m0/s1. The van der Waals surface area contributed by atoms with Gasteiger partial charge < -0.3 is 9.80 Å². The van der Waals surface area contributed by atoms with Gasteiger partial charge in [0.1, 0.15) is 11.7 Å². The molecular weight excluding hydrogens is 441 g/mol. The third-order valence-corrected chi connectivity index (χ3v) is 6.19. The molecule has 0 bridgehead atoms. The van der Waals surface area contributed by atoms with Crippen molar-refractivity contribution in [2.75, 3.05) is 14.1 Å². The van der Waals surface area contributed by atoms with Crippen LogP contribution in [0.1, 0.15) is 20.3 Å². The number of carbonyl (C=O) groups is 2. The Labute approximate surface area is 171 Å². The van der Waals surface area contributed by atoms with Crippen molar-refractivity contribution in [1.29, 1.82) is 0 Å². The van der Waals surface area contributed by atoms with Gasteiger partial charge in [0.25, 0.3) is 5.91 Å². The Morgan fingerprint density at radius 3 is 1.96 bits per heavy atom. The third kappa shape index (κ3) is 5.21. The van der Waals surface area contributed by atoms with Crippen LogP contribution < -0.4 is 0 Å². The minimum absolute atomic E-state index is 0.152. The molecule has 138 valence electrons. The first-order valence-corrected chi connectivity index (χ1v) is 9.34. The Morgan fingerprint density at radius 1 is 1.04 bits per heavy atom. The van der Waals surface area contributed by atoms with Gasteiger partial charge in [-0.2, -0.15) is 0 Å². The van der Waals surface area contributed by atoms with Crippen LogP contribution in [0.15, 0.2) is 11.8 Å². The van der Waals surface area contributed by atoms with E-state index in [0.29, 0.717) is 0 Å². The predicted molar refractivity (Wildman–Crippen MR) is 101 cm³/mol. The number of piperazine rings is 1. The first kappa shape index (κ1) is 22.5. The highest BCUT2D eigenvalue weighted by molar-refractivity contribution is 6.68. The van der Waals surface area contributed by atoms with Gasteiger partial charge in [-0.05, 0) is 12.5 Å². The lowest BCUT2D eigenvalue weighted by Gasteiger charge is -2.40. The lowest BCUT2D eigenvalue weighted by atomic mass is 9.97. The Hall–Kier alpha value is 0.420. The molecule has 0 saturated carbocycles. The van der Waals surface area contributed by atoms with Crippen LogP contribution in [0.25, 0.3) is 0 Å². The molecule has 0 N–H and O–H groups in total. The molecule has 1 heterocycles. The number of hydrogen-bond acceptors (Lipinski definition) is 2. The minimum Gasteiger partial charge on any atom is -0.328 e. The van der Waals surface area contributed by atoms with Crippen LogP contribution in [0.3, 0.4) is 0 Å². The number of amides is 2. The second-order valence-electron chi connectivity index (χ2n) is 5.89. The number of nitrogens with zero attached hydrogens (tertiary/aromatic N) is 2. The molecule has 0 radical (unpaired) electrons. The summed E-state index contributed by atoms with van der Waals surface area (Å²) in [4.78, 5) is 27.8. The lowest BCUT2D eigenvalue weighted by molar-refractivity contribution is -0.149.